The second-order valence-electron chi connectivity index (χ2n) is 4.72. The molecule has 0 N–H and O–H groups in total. The Morgan fingerprint density at radius 3 is 3.05 bits per heavy atom. The van der Waals surface area contributed by atoms with Crippen LogP contribution in [0, 0.1) is 0 Å². The number of hydrogen-bond acceptors (Lipinski definition) is 3. The van der Waals surface area contributed by atoms with E-state index in [4.69, 9.17) is 23.2 Å². The summed E-state index contributed by atoms with van der Waals surface area (Å²) in [5, 5.41) is 2.60. The zero-order valence-electron chi connectivity index (χ0n) is 10.8. The molecule has 2 aromatic rings. The summed E-state index contributed by atoms with van der Waals surface area (Å²) >= 11 is 13.5. The van der Waals surface area contributed by atoms with Gasteiger partial charge >= 0.3 is 0 Å². The van der Waals surface area contributed by atoms with Crippen LogP contribution in [0.5, 0.6) is 0 Å². The quantitative estimate of drug-likeness (QED) is 0.735. The molecule has 104 valence electrons. The first-order valence-electron chi connectivity index (χ1n) is 6.26. The Morgan fingerprint density at radius 1 is 1.50 bits per heavy atom. The Morgan fingerprint density at radius 2 is 2.30 bits per heavy atom. The fourth-order valence-electron chi connectivity index (χ4n) is 2.49. The van der Waals surface area contributed by atoms with Crippen molar-refractivity contribution in [1.29, 1.82) is 0 Å². The zero-order chi connectivity index (χ0) is 14.3. The van der Waals surface area contributed by atoms with Crippen molar-refractivity contribution in [3.63, 3.8) is 0 Å². The normalized spacial score (nSPS) is 17.9. The van der Waals surface area contributed by atoms with Crippen molar-refractivity contribution in [3.05, 3.63) is 49.9 Å². The average Bonchev–Trinajstić information content (AvgIpc) is 2.91. The lowest BCUT2D eigenvalue weighted by molar-refractivity contribution is 0.0679. The molecule has 0 bridgehead atoms. The van der Waals surface area contributed by atoms with Gasteiger partial charge in [-0.15, -0.1) is 11.3 Å². The number of halogens is 2. The standard InChI is InChI=1S/C14H12Cl2N2OS/c1-8-10-3-5-20-12(10)2-4-18(8)14(19)9-6-11(15)13(16)17-7-9/h3,5-8H,2,4H2,1H3. The van der Waals surface area contributed by atoms with Crippen LogP contribution in [0.4, 0.5) is 0 Å². The van der Waals surface area contributed by atoms with Gasteiger partial charge in [-0.05, 0) is 36.4 Å². The molecule has 20 heavy (non-hydrogen) atoms. The first-order chi connectivity index (χ1) is 9.58. The third kappa shape index (κ3) is 2.32. The maximum absolute atomic E-state index is 12.6. The summed E-state index contributed by atoms with van der Waals surface area (Å²) in [5.74, 6) is -0.0552. The van der Waals surface area contributed by atoms with Gasteiger partial charge in [0.25, 0.3) is 5.91 Å². The topological polar surface area (TPSA) is 33.2 Å². The molecule has 0 radical (unpaired) electrons. The monoisotopic (exact) mass is 326 g/mol. The van der Waals surface area contributed by atoms with E-state index >= 15 is 0 Å². The molecule has 1 aliphatic heterocycles. The highest BCUT2D eigenvalue weighted by Crippen LogP contribution is 2.34. The molecule has 0 fully saturated rings. The summed E-state index contributed by atoms with van der Waals surface area (Å²) < 4.78 is 0. The molecule has 1 atom stereocenters. The van der Waals surface area contributed by atoms with E-state index in [0.717, 1.165) is 6.42 Å². The molecular weight excluding hydrogens is 315 g/mol. The molecule has 1 amide bonds. The molecule has 3 rings (SSSR count). The molecular formula is C14H12Cl2N2OS. The maximum Gasteiger partial charge on any atom is 0.255 e. The van der Waals surface area contributed by atoms with Crippen LogP contribution in [0.25, 0.3) is 0 Å². The van der Waals surface area contributed by atoms with E-state index in [9.17, 15) is 4.79 Å². The molecule has 0 saturated carbocycles. The number of pyridine rings is 1. The van der Waals surface area contributed by atoms with E-state index in [-0.39, 0.29) is 17.1 Å². The summed E-state index contributed by atoms with van der Waals surface area (Å²) in [7, 11) is 0. The van der Waals surface area contributed by atoms with E-state index in [0.29, 0.717) is 17.1 Å². The smallest absolute Gasteiger partial charge is 0.255 e. The number of thiophene rings is 1. The Hall–Kier alpha value is -1.10. The highest BCUT2D eigenvalue weighted by atomic mass is 35.5. The number of rotatable bonds is 1. The van der Waals surface area contributed by atoms with Crippen LogP contribution in [0.15, 0.2) is 23.7 Å². The molecule has 1 unspecified atom stereocenters. The van der Waals surface area contributed by atoms with Gasteiger partial charge in [-0.1, -0.05) is 23.2 Å². The molecule has 0 aromatic carbocycles. The van der Waals surface area contributed by atoms with E-state index in [1.54, 1.807) is 17.4 Å². The molecule has 0 aliphatic carbocycles. The Labute approximate surface area is 131 Å². The summed E-state index contributed by atoms with van der Waals surface area (Å²) in [5.41, 5.74) is 1.72. The van der Waals surface area contributed by atoms with Crippen LogP contribution in [-0.4, -0.2) is 22.3 Å². The summed E-state index contributed by atoms with van der Waals surface area (Å²) in [6, 6.07) is 3.75. The number of nitrogens with zero attached hydrogens (tertiary/aromatic N) is 2. The van der Waals surface area contributed by atoms with Gasteiger partial charge in [-0.3, -0.25) is 4.79 Å². The van der Waals surface area contributed by atoms with Gasteiger partial charge in [0.2, 0.25) is 0 Å². The predicted octanol–water partition coefficient (Wildman–Crippen LogP) is 4.21. The molecule has 1 aliphatic rings. The van der Waals surface area contributed by atoms with Gasteiger partial charge in [0.1, 0.15) is 5.15 Å². The molecule has 2 aromatic heterocycles. The van der Waals surface area contributed by atoms with Gasteiger partial charge < -0.3 is 4.90 Å². The Kier molecular flexibility index (Phi) is 3.71. The Bertz CT molecular complexity index is 671. The van der Waals surface area contributed by atoms with Gasteiger partial charge in [0.15, 0.2) is 0 Å². The molecule has 0 spiro atoms. The van der Waals surface area contributed by atoms with E-state index in [2.05, 4.69) is 16.4 Å². The van der Waals surface area contributed by atoms with E-state index < -0.39 is 0 Å². The maximum atomic E-state index is 12.6. The Balaban J connectivity index is 1.90. The zero-order valence-corrected chi connectivity index (χ0v) is 13.1. The van der Waals surface area contributed by atoms with E-state index in [1.807, 2.05) is 11.8 Å². The second kappa shape index (κ2) is 5.35. The lowest BCUT2D eigenvalue weighted by atomic mass is 10.0. The lowest BCUT2D eigenvalue weighted by Crippen LogP contribution is -2.38. The second-order valence-corrected chi connectivity index (χ2v) is 6.49. The van der Waals surface area contributed by atoms with Crippen LogP contribution >= 0.6 is 34.5 Å². The van der Waals surface area contributed by atoms with Crippen molar-refractivity contribution in [1.82, 2.24) is 9.88 Å². The molecule has 6 heteroatoms. The van der Waals surface area contributed by atoms with Gasteiger partial charge in [-0.2, -0.15) is 0 Å². The number of hydrogen-bond donors (Lipinski definition) is 0. The minimum atomic E-state index is -0.0552. The summed E-state index contributed by atoms with van der Waals surface area (Å²) in [6.45, 7) is 2.77. The van der Waals surface area contributed by atoms with Crippen molar-refractivity contribution in [3.8, 4) is 0 Å². The number of carbonyl (C=O) groups excluding carboxylic acids is 1. The van der Waals surface area contributed by atoms with Crippen molar-refractivity contribution >= 4 is 40.4 Å². The van der Waals surface area contributed by atoms with Crippen LogP contribution in [0.1, 0.15) is 33.8 Å². The van der Waals surface area contributed by atoms with Crippen LogP contribution < -0.4 is 0 Å². The van der Waals surface area contributed by atoms with Crippen molar-refractivity contribution in [2.45, 2.75) is 19.4 Å². The SMILES string of the molecule is CC1c2ccsc2CCN1C(=O)c1cnc(Cl)c(Cl)c1. The third-order valence-corrected chi connectivity index (χ3v) is 5.26. The highest BCUT2D eigenvalue weighted by molar-refractivity contribution is 7.10. The molecule has 3 heterocycles. The first kappa shape index (κ1) is 13.9. The first-order valence-corrected chi connectivity index (χ1v) is 7.89. The number of carbonyl (C=O) groups is 1. The van der Waals surface area contributed by atoms with Crippen molar-refractivity contribution in [2.24, 2.45) is 0 Å². The van der Waals surface area contributed by atoms with Crippen LogP contribution in [0.3, 0.4) is 0 Å². The van der Waals surface area contributed by atoms with Crippen LogP contribution in [-0.2, 0) is 6.42 Å². The summed E-state index contributed by atoms with van der Waals surface area (Å²) in [6.07, 6.45) is 2.38. The van der Waals surface area contributed by atoms with Gasteiger partial charge in [0.05, 0.1) is 16.6 Å². The van der Waals surface area contributed by atoms with E-state index in [1.165, 1.54) is 16.6 Å². The lowest BCUT2D eigenvalue weighted by Gasteiger charge is -2.33. The van der Waals surface area contributed by atoms with Gasteiger partial charge in [-0.25, -0.2) is 4.98 Å². The number of amides is 1. The minimum Gasteiger partial charge on any atom is -0.331 e. The van der Waals surface area contributed by atoms with Crippen molar-refractivity contribution < 1.29 is 4.79 Å². The molecule has 3 nitrogen and oxygen atoms in total. The van der Waals surface area contributed by atoms with Gasteiger partial charge in [0, 0.05) is 17.6 Å². The largest absolute Gasteiger partial charge is 0.331 e. The van der Waals surface area contributed by atoms with Crippen molar-refractivity contribution in [2.75, 3.05) is 6.54 Å². The minimum absolute atomic E-state index is 0.0552. The van der Waals surface area contributed by atoms with Crippen LogP contribution in [0.2, 0.25) is 10.2 Å². The summed E-state index contributed by atoms with van der Waals surface area (Å²) in [4.78, 5) is 19.8. The fourth-order valence-corrected chi connectivity index (χ4v) is 3.72. The number of fused-ring (bicyclic) bond motifs is 1. The number of aromatic nitrogens is 1. The fraction of sp³-hybridized carbons (Fsp3) is 0.286. The molecule has 0 saturated heterocycles. The highest BCUT2D eigenvalue weighted by Gasteiger charge is 2.29. The average molecular weight is 327 g/mol. The third-order valence-electron chi connectivity index (χ3n) is 3.58. The predicted molar refractivity (Wildman–Crippen MR) is 81.7 cm³/mol.